The first-order chi connectivity index (χ1) is 12.1. The quantitative estimate of drug-likeness (QED) is 0.811. The van der Waals surface area contributed by atoms with Crippen molar-refractivity contribution in [3.63, 3.8) is 0 Å². The van der Waals surface area contributed by atoms with E-state index in [2.05, 4.69) is 47.3 Å². The molecule has 0 atom stereocenters. The molecule has 0 unspecified atom stereocenters. The standard InChI is InChI=1S/C20H23N3OS/c1-14-6-4-7-18(15(14)2)23-13-5-8-19(23)22-20(25)21-16-9-11-17(24-3)12-10-16/h4,6-7,9-12H,5,8,13H2,1-3H3,(H,21,25). The highest BCUT2D eigenvalue weighted by Gasteiger charge is 2.22. The maximum atomic E-state index is 5.44. The van der Waals surface area contributed by atoms with Crippen molar-refractivity contribution in [1.29, 1.82) is 0 Å². The molecule has 1 saturated heterocycles. The molecule has 0 spiro atoms. The number of nitrogens with zero attached hydrogens (tertiary/aromatic N) is 2. The topological polar surface area (TPSA) is 36.9 Å². The van der Waals surface area contributed by atoms with Gasteiger partial charge in [0.2, 0.25) is 0 Å². The highest BCUT2D eigenvalue weighted by molar-refractivity contribution is 7.80. The van der Waals surface area contributed by atoms with Crippen molar-refractivity contribution in [1.82, 2.24) is 0 Å². The number of aryl methyl sites for hydroxylation is 1. The molecule has 0 aromatic heterocycles. The smallest absolute Gasteiger partial charge is 0.198 e. The summed E-state index contributed by atoms with van der Waals surface area (Å²) in [5.41, 5.74) is 4.73. The number of hydrogen-bond acceptors (Lipinski definition) is 2. The molecule has 1 N–H and O–H groups in total. The molecule has 3 rings (SSSR count). The maximum absolute atomic E-state index is 5.44. The van der Waals surface area contributed by atoms with Gasteiger partial charge in [-0.3, -0.25) is 0 Å². The summed E-state index contributed by atoms with van der Waals surface area (Å²) in [7, 11) is 1.65. The van der Waals surface area contributed by atoms with E-state index in [1.807, 2.05) is 24.3 Å². The summed E-state index contributed by atoms with van der Waals surface area (Å²) in [5, 5.41) is 3.66. The van der Waals surface area contributed by atoms with Gasteiger partial charge in [0, 0.05) is 24.3 Å². The van der Waals surface area contributed by atoms with Crippen LogP contribution in [0.2, 0.25) is 0 Å². The number of nitrogens with one attached hydrogen (secondary N) is 1. The van der Waals surface area contributed by atoms with E-state index in [-0.39, 0.29) is 0 Å². The number of rotatable bonds is 3. The molecule has 0 radical (unpaired) electrons. The highest BCUT2D eigenvalue weighted by atomic mass is 32.1. The Labute approximate surface area is 154 Å². The fourth-order valence-electron chi connectivity index (χ4n) is 3.01. The Kier molecular flexibility index (Phi) is 5.34. The van der Waals surface area contributed by atoms with Crippen molar-refractivity contribution in [2.45, 2.75) is 26.7 Å². The second kappa shape index (κ2) is 7.66. The summed E-state index contributed by atoms with van der Waals surface area (Å²) in [6.07, 6.45) is 2.04. The number of amidine groups is 1. The average Bonchev–Trinajstić information content (AvgIpc) is 3.05. The number of hydrogen-bond donors (Lipinski definition) is 1. The molecule has 0 saturated carbocycles. The molecule has 2 aromatic carbocycles. The fraction of sp³-hybridized carbons (Fsp3) is 0.300. The van der Waals surface area contributed by atoms with Crippen LogP contribution in [-0.2, 0) is 0 Å². The van der Waals surface area contributed by atoms with Crippen LogP contribution in [0.15, 0.2) is 47.5 Å². The lowest BCUT2D eigenvalue weighted by Gasteiger charge is -2.22. The molecule has 1 aliphatic rings. The van der Waals surface area contributed by atoms with E-state index < -0.39 is 0 Å². The molecule has 130 valence electrons. The normalized spacial score (nSPS) is 15.5. The van der Waals surface area contributed by atoms with Crippen LogP contribution in [0.1, 0.15) is 24.0 Å². The van der Waals surface area contributed by atoms with Crippen LogP contribution in [0.5, 0.6) is 5.75 Å². The largest absolute Gasteiger partial charge is 0.497 e. The molecule has 5 heteroatoms. The molecular weight excluding hydrogens is 330 g/mol. The number of thiocarbonyl (C=S) groups is 1. The molecule has 1 heterocycles. The van der Waals surface area contributed by atoms with Gasteiger partial charge in [-0.05, 0) is 73.9 Å². The zero-order valence-electron chi connectivity index (χ0n) is 14.9. The van der Waals surface area contributed by atoms with E-state index in [0.29, 0.717) is 5.11 Å². The molecule has 1 fully saturated rings. The second-order valence-corrected chi connectivity index (χ2v) is 6.55. The number of anilines is 2. The van der Waals surface area contributed by atoms with Crippen molar-refractivity contribution in [2.75, 3.05) is 23.9 Å². The SMILES string of the molecule is COc1ccc(NC(=S)N=C2CCCN2c2cccc(C)c2C)cc1. The summed E-state index contributed by atoms with van der Waals surface area (Å²) in [6, 6.07) is 14.1. The minimum absolute atomic E-state index is 0.484. The van der Waals surface area contributed by atoms with Gasteiger partial charge in [0.25, 0.3) is 0 Å². The molecule has 0 aliphatic carbocycles. The molecule has 2 aromatic rings. The third-order valence-corrected chi connectivity index (χ3v) is 4.73. The Morgan fingerprint density at radius 3 is 2.64 bits per heavy atom. The lowest BCUT2D eigenvalue weighted by Crippen LogP contribution is -2.26. The Morgan fingerprint density at radius 1 is 1.16 bits per heavy atom. The first kappa shape index (κ1) is 17.4. The Balaban J connectivity index is 1.76. The molecule has 0 bridgehead atoms. The van der Waals surface area contributed by atoms with Gasteiger partial charge in [-0.1, -0.05) is 12.1 Å². The van der Waals surface area contributed by atoms with Crippen LogP contribution in [-0.4, -0.2) is 24.6 Å². The van der Waals surface area contributed by atoms with Crippen molar-refractivity contribution in [3.05, 3.63) is 53.6 Å². The molecule has 1 aliphatic heterocycles. The van der Waals surface area contributed by atoms with Gasteiger partial charge in [0.15, 0.2) is 5.11 Å². The van der Waals surface area contributed by atoms with E-state index in [1.54, 1.807) is 7.11 Å². The van der Waals surface area contributed by atoms with Crippen LogP contribution < -0.4 is 15.0 Å². The number of benzene rings is 2. The zero-order chi connectivity index (χ0) is 17.8. The third-order valence-electron chi connectivity index (χ3n) is 4.53. The number of methoxy groups -OCH3 is 1. The summed E-state index contributed by atoms with van der Waals surface area (Å²) < 4.78 is 5.17. The number of ether oxygens (including phenoxy) is 1. The minimum atomic E-state index is 0.484. The average molecular weight is 353 g/mol. The molecule has 4 nitrogen and oxygen atoms in total. The maximum Gasteiger partial charge on any atom is 0.198 e. The van der Waals surface area contributed by atoms with E-state index in [0.717, 1.165) is 36.7 Å². The monoisotopic (exact) mass is 353 g/mol. The highest BCUT2D eigenvalue weighted by Crippen LogP contribution is 2.27. The van der Waals surface area contributed by atoms with Crippen LogP contribution in [0.4, 0.5) is 11.4 Å². The van der Waals surface area contributed by atoms with Crippen LogP contribution in [0, 0.1) is 13.8 Å². The Bertz CT molecular complexity index is 799. The summed E-state index contributed by atoms with van der Waals surface area (Å²) in [4.78, 5) is 6.96. The van der Waals surface area contributed by atoms with E-state index >= 15 is 0 Å². The van der Waals surface area contributed by atoms with Gasteiger partial charge in [-0.2, -0.15) is 0 Å². The first-order valence-electron chi connectivity index (χ1n) is 8.45. The lowest BCUT2D eigenvalue weighted by atomic mass is 10.1. The summed E-state index contributed by atoms with van der Waals surface area (Å²) in [5.74, 6) is 1.85. The zero-order valence-corrected chi connectivity index (χ0v) is 15.7. The Hall–Kier alpha value is -2.40. The van der Waals surface area contributed by atoms with Gasteiger partial charge in [-0.25, -0.2) is 4.99 Å². The summed E-state index contributed by atoms with van der Waals surface area (Å²) in [6.45, 7) is 5.28. The van der Waals surface area contributed by atoms with Gasteiger partial charge >= 0.3 is 0 Å². The lowest BCUT2D eigenvalue weighted by molar-refractivity contribution is 0.415. The van der Waals surface area contributed by atoms with Crippen molar-refractivity contribution < 1.29 is 4.74 Å². The van der Waals surface area contributed by atoms with Gasteiger partial charge in [0.1, 0.15) is 11.6 Å². The van der Waals surface area contributed by atoms with E-state index in [1.165, 1.54) is 16.8 Å². The van der Waals surface area contributed by atoms with Gasteiger partial charge in [0.05, 0.1) is 7.11 Å². The van der Waals surface area contributed by atoms with E-state index in [4.69, 9.17) is 17.0 Å². The fourth-order valence-corrected chi connectivity index (χ4v) is 3.23. The van der Waals surface area contributed by atoms with Gasteiger partial charge in [-0.15, -0.1) is 0 Å². The predicted octanol–water partition coefficient (Wildman–Crippen LogP) is 4.71. The van der Waals surface area contributed by atoms with Crippen LogP contribution >= 0.6 is 12.2 Å². The van der Waals surface area contributed by atoms with Crippen LogP contribution in [0.25, 0.3) is 0 Å². The predicted molar refractivity (Wildman–Crippen MR) is 109 cm³/mol. The molecule has 0 amide bonds. The first-order valence-corrected chi connectivity index (χ1v) is 8.85. The van der Waals surface area contributed by atoms with E-state index in [9.17, 15) is 0 Å². The van der Waals surface area contributed by atoms with Crippen molar-refractivity contribution >= 4 is 34.5 Å². The third kappa shape index (κ3) is 3.99. The molecule has 25 heavy (non-hydrogen) atoms. The second-order valence-electron chi connectivity index (χ2n) is 6.16. The molecular formula is C20H23N3OS. The van der Waals surface area contributed by atoms with Crippen molar-refractivity contribution in [2.24, 2.45) is 4.99 Å². The van der Waals surface area contributed by atoms with Gasteiger partial charge < -0.3 is 15.0 Å². The van der Waals surface area contributed by atoms with Crippen LogP contribution in [0.3, 0.4) is 0 Å². The summed E-state index contributed by atoms with van der Waals surface area (Å²) >= 11 is 5.44. The van der Waals surface area contributed by atoms with Crippen molar-refractivity contribution in [3.8, 4) is 5.75 Å². The Morgan fingerprint density at radius 2 is 1.92 bits per heavy atom. The minimum Gasteiger partial charge on any atom is -0.497 e. The number of aliphatic imine (C=N–C) groups is 1.